The van der Waals surface area contributed by atoms with Crippen molar-refractivity contribution in [1.82, 2.24) is 0 Å². The highest BCUT2D eigenvalue weighted by molar-refractivity contribution is 5.32. The molecule has 1 aromatic rings. The van der Waals surface area contributed by atoms with Crippen LogP contribution in [0.2, 0.25) is 0 Å². The fourth-order valence-electron chi connectivity index (χ4n) is 3.27. The van der Waals surface area contributed by atoms with Crippen LogP contribution >= 0.6 is 0 Å². The average molecular weight is 250 g/mol. The molecule has 18 heavy (non-hydrogen) atoms. The van der Waals surface area contributed by atoms with Gasteiger partial charge >= 0.3 is 0 Å². The van der Waals surface area contributed by atoms with Crippen molar-refractivity contribution in [2.45, 2.75) is 58.0 Å². The van der Waals surface area contributed by atoms with Gasteiger partial charge in [0.25, 0.3) is 0 Å². The van der Waals surface area contributed by atoms with Crippen LogP contribution in [0.25, 0.3) is 0 Å². The van der Waals surface area contributed by atoms with Crippen LogP contribution in [0.5, 0.6) is 0 Å². The van der Waals surface area contributed by atoms with Crippen molar-refractivity contribution in [3.63, 3.8) is 0 Å². The van der Waals surface area contributed by atoms with E-state index in [1.807, 2.05) is 6.92 Å². The molecule has 2 heteroatoms. The van der Waals surface area contributed by atoms with Crippen molar-refractivity contribution in [3.8, 4) is 0 Å². The van der Waals surface area contributed by atoms with Gasteiger partial charge in [0.15, 0.2) is 0 Å². The minimum absolute atomic E-state index is 0.223. The number of aryl methyl sites for hydroxylation is 1. The van der Waals surface area contributed by atoms with Gasteiger partial charge in [-0.15, -0.1) is 0 Å². The lowest BCUT2D eigenvalue weighted by Gasteiger charge is -2.37. The molecule has 0 spiro atoms. The van der Waals surface area contributed by atoms with Crippen LogP contribution in [-0.2, 0) is 5.60 Å². The van der Waals surface area contributed by atoms with Gasteiger partial charge in [-0.1, -0.05) is 25.8 Å². The lowest BCUT2D eigenvalue weighted by Crippen LogP contribution is -2.32. The lowest BCUT2D eigenvalue weighted by molar-refractivity contribution is -0.0157. The summed E-state index contributed by atoms with van der Waals surface area (Å²) < 4.78 is 13.1. The van der Waals surface area contributed by atoms with E-state index in [1.165, 1.54) is 25.0 Å². The highest BCUT2D eigenvalue weighted by atomic mass is 19.1. The van der Waals surface area contributed by atoms with Gasteiger partial charge in [-0.25, -0.2) is 4.39 Å². The van der Waals surface area contributed by atoms with E-state index in [-0.39, 0.29) is 5.82 Å². The number of aliphatic hydroxyl groups is 1. The molecular weight excluding hydrogens is 227 g/mol. The number of hydrogen-bond donors (Lipinski definition) is 1. The van der Waals surface area contributed by atoms with Gasteiger partial charge in [0.2, 0.25) is 0 Å². The molecule has 0 atom stereocenters. The summed E-state index contributed by atoms with van der Waals surface area (Å²) in [6, 6.07) is 4.73. The second kappa shape index (κ2) is 5.40. The zero-order valence-corrected chi connectivity index (χ0v) is 11.4. The predicted molar refractivity (Wildman–Crippen MR) is 71.9 cm³/mol. The van der Waals surface area contributed by atoms with Crippen LogP contribution in [0.4, 0.5) is 4.39 Å². The van der Waals surface area contributed by atoms with Crippen molar-refractivity contribution in [3.05, 3.63) is 35.1 Å². The average Bonchev–Trinajstić information content (AvgIpc) is 2.32. The fraction of sp³-hybridized carbons (Fsp3) is 0.625. The molecule has 0 radical (unpaired) electrons. The van der Waals surface area contributed by atoms with E-state index in [1.54, 1.807) is 6.07 Å². The highest BCUT2D eigenvalue weighted by Crippen LogP contribution is 2.41. The molecule has 1 N–H and O–H groups in total. The van der Waals surface area contributed by atoms with E-state index in [9.17, 15) is 9.50 Å². The third-order valence-corrected chi connectivity index (χ3v) is 4.32. The molecule has 1 nitrogen and oxygen atoms in total. The molecule has 2 rings (SSSR count). The van der Waals surface area contributed by atoms with Crippen LogP contribution in [-0.4, -0.2) is 5.11 Å². The molecule has 0 bridgehead atoms. The Morgan fingerprint density at radius 2 is 2.00 bits per heavy atom. The molecule has 0 aliphatic heterocycles. The molecule has 0 aromatic heterocycles. The molecule has 1 aliphatic carbocycles. The zero-order valence-electron chi connectivity index (χ0n) is 11.4. The molecular formula is C16H23FO. The van der Waals surface area contributed by atoms with Crippen LogP contribution in [0.1, 0.15) is 56.6 Å². The molecule has 1 aromatic carbocycles. The summed E-state index contributed by atoms with van der Waals surface area (Å²) in [5.41, 5.74) is 1.05. The Morgan fingerprint density at radius 1 is 1.33 bits per heavy atom. The summed E-state index contributed by atoms with van der Waals surface area (Å²) >= 11 is 0. The molecule has 1 fully saturated rings. The van der Waals surface area contributed by atoms with Crippen LogP contribution in [0.15, 0.2) is 18.2 Å². The fourth-order valence-corrected chi connectivity index (χ4v) is 3.27. The molecule has 0 heterocycles. The van der Waals surface area contributed by atoms with E-state index in [0.29, 0.717) is 0 Å². The summed E-state index contributed by atoms with van der Waals surface area (Å²) in [6.07, 6.45) is 6.27. The van der Waals surface area contributed by atoms with E-state index < -0.39 is 5.60 Å². The lowest BCUT2D eigenvalue weighted by atomic mass is 9.73. The maximum Gasteiger partial charge on any atom is 0.123 e. The second-order valence-electron chi connectivity index (χ2n) is 5.72. The minimum atomic E-state index is -0.734. The summed E-state index contributed by atoms with van der Waals surface area (Å²) in [5.74, 6) is 0.538. The normalized spacial score (nSPS) is 28.3. The van der Waals surface area contributed by atoms with Gasteiger partial charge in [-0.3, -0.25) is 0 Å². The molecule has 1 aliphatic rings. The number of benzene rings is 1. The third-order valence-electron chi connectivity index (χ3n) is 4.32. The minimum Gasteiger partial charge on any atom is -0.385 e. The summed E-state index contributed by atoms with van der Waals surface area (Å²) in [4.78, 5) is 0. The van der Waals surface area contributed by atoms with Crippen molar-refractivity contribution < 1.29 is 9.50 Å². The number of halogens is 1. The van der Waals surface area contributed by atoms with Gasteiger partial charge < -0.3 is 5.11 Å². The quantitative estimate of drug-likeness (QED) is 0.847. The summed E-state index contributed by atoms with van der Waals surface area (Å²) in [6.45, 7) is 4.10. The Labute approximate surface area is 109 Å². The van der Waals surface area contributed by atoms with Crippen molar-refractivity contribution in [2.75, 3.05) is 0 Å². The van der Waals surface area contributed by atoms with Crippen molar-refractivity contribution in [1.29, 1.82) is 0 Å². The van der Waals surface area contributed by atoms with Crippen molar-refractivity contribution in [2.24, 2.45) is 5.92 Å². The molecule has 0 unspecified atom stereocenters. The Kier molecular flexibility index (Phi) is 4.06. The van der Waals surface area contributed by atoms with Gasteiger partial charge in [0.05, 0.1) is 5.60 Å². The van der Waals surface area contributed by atoms with Crippen molar-refractivity contribution >= 4 is 0 Å². The van der Waals surface area contributed by atoms with Gasteiger partial charge in [0.1, 0.15) is 5.82 Å². The first-order valence-corrected chi connectivity index (χ1v) is 7.04. The highest BCUT2D eigenvalue weighted by Gasteiger charge is 2.35. The second-order valence-corrected chi connectivity index (χ2v) is 5.72. The van der Waals surface area contributed by atoms with Gasteiger partial charge in [-0.2, -0.15) is 0 Å². The monoisotopic (exact) mass is 250 g/mol. The first kappa shape index (κ1) is 13.5. The molecule has 0 amide bonds. The first-order valence-electron chi connectivity index (χ1n) is 7.04. The zero-order chi connectivity index (χ0) is 13.2. The van der Waals surface area contributed by atoms with Gasteiger partial charge in [0, 0.05) is 0 Å². The maximum absolute atomic E-state index is 13.1. The Morgan fingerprint density at radius 3 is 2.56 bits per heavy atom. The van der Waals surface area contributed by atoms with Crippen LogP contribution < -0.4 is 0 Å². The Bertz CT molecular complexity index is 406. The predicted octanol–water partition coefficient (Wildman–Crippen LogP) is 4.31. The van der Waals surface area contributed by atoms with E-state index in [0.717, 1.165) is 42.7 Å². The summed E-state index contributed by atoms with van der Waals surface area (Å²) in [7, 11) is 0. The van der Waals surface area contributed by atoms with Gasteiger partial charge in [-0.05, 0) is 61.8 Å². The molecule has 100 valence electrons. The standard InChI is InChI=1S/C16H23FO/c1-3-4-13-7-9-16(18,10-8-13)15-6-5-14(17)11-12(15)2/h5-6,11,13,18H,3-4,7-10H2,1-2H3. The first-order chi connectivity index (χ1) is 8.55. The number of rotatable bonds is 3. The third kappa shape index (κ3) is 2.74. The Hall–Kier alpha value is -0.890. The van der Waals surface area contributed by atoms with E-state index in [2.05, 4.69) is 6.92 Å². The summed E-state index contributed by atoms with van der Waals surface area (Å²) in [5, 5.41) is 10.8. The molecule has 0 saturated heterocycles. The molecule has 1 saturated carbocycles. The van der Waals surface area contributed by atoms with Crippen LogP contribution in [0, 0.1) is 18.7 Å². The van der Waals surface area contributed by atoms with Crippen LogP contribution in [0.3, 0.4) is 0 Å². The maximum atomic E-state index is 13.1. The topological polar surface area (TPSA) is 20.2 Å². The Balaban J connectivity index is 2.13. The van der Waals surface area contributed by atoms with E-state index >= 15 is 0 Å². The van der Waals surface area contributed by atoms with E-state index in [4.69, 9.17) is 0 Å². The smallest absolute Gasteiger partial charge is 0.123 e. The SMILES string of the molecule is CCCC1CCC(O)(c2ccc(F)cc2C)CC1. The number of hydrogen-bond acceptors (Lipinski definition) is 1. The largest absolute Gasteiger partial charge is 0.385 e.